The van der Waals surface area contributed by atoms with Crippen molar-refractivity contribution in [1.82, 2.24) is 46.6 Å². The third kappa shape index (κ3) is 40.2. The van der Waals surface area contributed by atoms with E-state index in [1.54, 1.807) is 38.1 Å². The first-order chi connectivity index (χ1) is 55.9. The molecule has 2 rings (SSSR count). The molecule has 31 N–H and O–H groups in total. The highest BCUT2D eigenvalue weighted by Crippen LogP contribution is 2.19. The van der Waals surface area contributed by atoms with Crippen LogP contribution in [0, 0.1) is 5.92 Å². The lowest BCUT2D eigenvalue weighted by Gasteiger charge is -2.33. The van der Waals surface area contributed by atoms with E-state index in [1.807, 2.05) is 6.92 Å². The number of nitrogens with one attached hydrogen (secondary N) is 7. The number of anilines is 1. The number of aliphatic hydroxyl groups excluding tert-OH is 20. The van der Waals surface area contributed by atoms with Crippen molar-refractivity contribution in [3.05, 3.63) is 42.0 Å². The zero-order valence-electron chi connectivity index (χ0n) is 67.1. The van der Waals surface area contributed by atoms with Crippen molar-refractivity contribution in [3.63, 3.8) is 0 Å². The Balaban J connectivity index is 2.73. The molecule has 0 unspecified atom stereocenters. The van der Waals surface area contributed by atoms with E-state index in [-0.39, 0.29) is 149 Å². The number of hydrogen-bond donors (Lipinski definition) is 29. The van der Waals surface area contributed by atoms with Gasteiger partial charge in [0.25, 0.3) is 11.8 Å². The van der Waals surface area contributed by atoms with Gasteiger partial charge in [0, 0.05) is 57.0 Å². The van der Waals surface area contributed by atoms with Gasteiger partial charge in [-0.3, -0.25) is 53.1 Å². The van der Waals surface area contributed by atoms with E-state index in [0.29, 0.717) is 12.1 Å². The van der Waals surface area contributed by atoms with Gasteiger partial charge in [0.05, 0.1) is 97.0 Å². The van der Waals surface area contributed by atoms with Crippen LogP contribution in [0.2, 0.25) is 0 Å². The van der Waals surface area contributed by atoms with Crippen LogP contribution >= 0.6 is 0 Å². The number of benzene rings is 1. The molecule has 118 heavy (non-hydrogen) atoms. The van der Waals surface area contributed by atoms with Gasteiger partial charge in [-0.2, -0.15) is 0 Å². The summed E-state index contributed by atoms with van der Waals surface area (Å²) < 4.78 is 16.5. The SMILES string of the molecule is CCc1ccc(NC(=O)[C@H](CCCNC(N)=O)NC(=O)[C@@H](NC(=O)[C@H](CCCCN(C[C@H](O)[C@@H](O)[C@H](O)[C@H](O)CO)C[C@H](O)[C@@H](O)[C@H](O)[C@H](O)CO)NC(=O)[C@H](CCCCN)NC(=O)[C@H](CCCCN(C[C@H](O)[C@@H](O)[C@H](O)[C@H](O)CO)C[C@H](O)[C@@H](O)[C@H](O)[C@H](O)CO)NC(=O)CCOCCOCCOCCN2C(=O)C=CC2=O)C(C)C)cc1. The molecule has 0 saturated carbocycles. The first-order valence-electron chi connectivity index (χ1n) is 39.6. The molecule has 1 heterocycles. The Morgan fingerprint density at radius 3 is 1.16 bits per heavy atom. The van der Waals surface area contributed by atoms with Gasteiger partial charge in [0.15, 0.2) is 0 Å². The van der Waals surface area contributed by atoms with Crippen LogP contribution in [0.3, 0.4) is 0 Å². The monoisotopic (exact) mass is 1700 g/mol. The smallest absolute Gasteiger partial charge is 0.312 e. The second-order valence-electron chi connectivity index (χ2n) is 29.2. The van der Waals surface area contributed by atoms with Crippen LogP contribution in [0.4, 0.5) is 10.5 Å². The van der Waals surface area contributed by atoms with E-state index >= 15 is 9.59 Å². The number of nitrogens with zero attached hydrogens (tertiary/aromatic N) is 3. The molecule has 0 radical (unpaired) electrons. The molecule has 0 aromatic heterocycles. The summed E-state index contributed by atoms with van der Waals surface area (Å²) in [4.78, 5) is 126. The third-order valence-electron chi connectivity index (χ3n) is 19.4. The number of hydrogen-bond acceptors (Lipinski definition) is 35. The molecule has 0 spiro atoms. The molecule has 0 fully saturated rings. The normalized spacial score (nSPS) is 17.9. The molecule has 1 aliphatic rings. The molecule has 1 aromatic rings. The Bertz CT molecular complexity index is 3010. The van der Waals surface area contributed by atoms with Crippen molar-refractivity contribution in [3.8, 4) is 0 Å². The average Bonchev–Trinajstić information content (AvgIpc) is 1.04. The fourth-order valence-electron chi connectivity index (χ4n) is 12.1. The number of aliphatic hydroxyl groups is 20. The molecular formula is C74H132N12O32. The Kier molecular flexibility index (Phi) is 53.6. The van der Waals surface area contributed by atoms with Crippen LogP contribution < -0.4 is 48.7 Å². The molecule has 1 aromatic carbocycles. The van der Waals surface area contributed by atoms with Gasteiger partial charge in [-0.25, -0.2) is 4.79 Å². The minimum absolute atomic E-state index is 0.0126. The second-order valence-corrected chi connectivity index (χ2v) is 29.2. The Labute approximate surface area is 684 Å². The number of ether oxygens (including phenoxy) is 3. The third-order valence-corrected chi connectivity index (χ3v) is 19.4. The topological polar surface area (TPSA) is 732 Å². The van der Waals surface area contributed by atoms with Crippen molar-refractivity contribution in [2.45, 2.75) is 232 Å². The fraction of sp³-hybridized carbons (Fsp3) is 0.770. The standard InChI is InChI=1S/C74H132N12O32/c1-4-43-16-18-44(19-17-43)78-69(110)48(15-11-24-77-74(76)115)82-73(114)60(42(2)3)83-72(113)47(14-7-10-26-85(36-51(93)63(104)67(108)55(97)40-89)37-52(94)64(105)68(109)56(98)41-90)81-71(112)46(12-5-8-23-75)80-70(111)45(79-57(99)22-28-116-30-32-118-33-31-117-29-27-86-58(100)20-21-59(86)101)13-6-9-25-84(34-49(91)61(102)65(106)53(95)38-87)35-50(92)62(103)66(107)54(96)39-88/h16-21,42,45-56,60-68,87-98,102-109H,4-15,22-41,75H2,1-3H3,(H,78,110)(H,79,99)(H,80,111)(H,81,112)(H,82,114)(H,83,113)(H3,76,77,115)/t45-,46-,47-,48-,49-,50-,51-,52-,53+,54+,55+,56+,60-,61+,62+,63+,64+,65+,66+,67+,68+/m0/s1. The quantitative estimate of drug-likeness (QED) is 0.0213. The number of carbonyl (C=O) groups excluding carboxylic acids is 9. The number of nitrogens with two attached hydrogens (primary N) is 2. The summed E-state index contributed by atoms with van der Waals surface area (Å²) in [6, 6.07) is -1.60. The number of imide groups is 1. The first-order valence-corrected chi connectivity index (χ1v) is 39.6. The number of unbranched alkanes of at least 4 members (excludes halogenated alkanes) is 3. The summed E-state index contributed by atoms with van der Waals surface area (Å²) in [6.07, 6.45) is -30.8. The predicted molar refractivity (Wildman–Crippen MR) is 417 cm³/mol. The highest BCUT2D eigenvalue weighted by molar-refractivity contribution is 6.12. The van der Waals surface area contributed by atoms with Gasteiger partial charge in [-0.05, 0) is 120 Å². The van der Waals surface area contributed by atoms with Crippen LogP contribution in [-0.4, -0.2) is 423 Å². The Morgan fingerprint density at radius 1 is 0.432 bits per heavy atom. The molecular weight excluding hydrogens is 1570 g/mol. The summed E-state index contributed by atoms with van der Waals surface area (Å²) in [5, 5.41) is 225. The Morgan fingerprint density at radius 2 is 0.780 bits per heavy atom. The van der Waals surface area contributed by atoms with Gasteiger partial charge in [0.2, 0.25) is 35.4 Å². The molecule has 0 saturated heterocycles. The molecule has 44 heteroatoms. The van der Waals surface area contributed by atoms with Crippen LogP contribution in [0.15, 0.2) is 36.4 Å². The second kappa shape index (κ2) is 59.0. The Hall–Kier alpha value is -6.85. The largest absolute Gasteiger partial charge is 0.394 e. The summed E-state index contributed by atoms with van der Waals surface area (Å²) in [7, 11) is 0. The summed E-state index contributed by atoms with van der Waals surface area (Å²) in [6.45, 7) is -2.24. The van der Waals surface area contributed by atoms with Crippen molar-refractivity contribution in [2.75, 3.05) is 130 Å². The molecule has 680 valence electrons. The lowest BCUT2D eigenvalue weighted by Crippen LogP contribution is -2.60. The first kappa shape index (κ1) is 107. The molecule has 0 aliphatic carbocycles. The molecule has 21 atom stereocenters. The maximum atomic E-state index is 15.1. The van der Waals surface area contributed by atoms with E-state index in [4.69, 9.17) is 25.7 Å². The van der Waals surface area contributed by atoms with E-state index in [2.05, 4.69) is 37.2 Å². The number of amides is 10. The van der Waals surface area contributed by atoms with Crippen molar-refractivity contribution >= 4 is 59.0 Å². The number of carbonyl (C=O) groups is 9. The highest BCUT2D eigenvalue weighted by Gasteiger charge is 2.39. The zero-order chi connectivity index (χ0) is 88.7. The van der Waals surface area contributed by atoms with E-state index in [1.165, 1.54) is 9.80 Å². The molecule has 1 aliphatic heterocycles. The number of urea groups is 1. The lowest BCUT2D eigenvalue weighted by molar-refractivity contribution is -0.138. The summed E-state index contributed by atoms with van der Waals surface area (Å²) >= 11 is 0. The minimum Gasteiger partial charge on any atom is -0.394 e. The van der Waals surface area contributed by atoms with Crippen molar-refractivity contribution < 1.29 is 159 Å². The van der Waals surface area contributed by atoms with E-state index in [0.717, 1.165) is 22.6 Å². The van der Waals surface area contributed by atoms with Crippen LogP contribution in [0.1, 0.15) is 103 Å². The number of rotatable bonds is 67. The molecule has 0 bridgehead atoms. The van der Waals surface area contributed by atoms with Crippen molar-refractivity contribution in [1.29, 1.82) is 0 Å². The maximum Gasteiger partial charge on any atom is 0.312 e. The maximum absolute atomic E-state index is 15.1. The summed E-state index contributed by atoms with van der Waals surface area (Å²) in [5.74, 6) is -7.11. The summed E-state index contributed by atoms with van der Waals surface area (Å²) in [5.41, 5.74) is 12.5. The molecule has 10 amide bonds. The van der Waals surface area contributed by atoms with Crippen LogP contribution in [0.5, 0.6) is 0 Å². The van der Waals surface area contributed by atoms with Crippen LogP contribution in [-0.2, 0) is 59.0 Å². The van der Waals surface area contributed by atoms with Gasteiger partial charge >= 0.3 is 6.03 Å². The number of aryl methyl sites for hydroxylation is 1. The fourth-order valence-corrected chi connectivity index (χ4v) is 12.1. The van der Waals surface area contributed by atoms with E-state index < -0.39 is 240 Å². The molecule has 44 nitrogen and oxygen atoms in total. The zero-order valence-corrected chi connectivity index (χ0v) is 67.1. The minimum atomic E-state index is -2.15. The van der Waals surface area contributed by atoms with Gasteiger partial charge < -0.3 is 165 Å². The van der Waals surface area contributed by atoms with E-state index in [9.17, 15) is 136 Å². The van der Waals surface area contributed by atoms with Gasteiger partial charge in [0.1, 0.15) is 103 Å². The van der Waals surface area contributed by atoms with Crippen LogP contribution in [0.25, 0.3) is 0 Å². The van der Waals surface area contributed by atoms with Gasteiger partial charge in [-0.15, -0.1) is 0 Å². The average molecular weight is 1700 g/mol. The predicted octanol–water partition coefficient (Wildman–Crippen LogP) is -12.1. The van der Waals surface area contributed by atoms with Crippen molar-refractivity contribution in [2.24, 2.45) is 17.4 Å². The highest BCUT2D eigenvalue weighted by atomic mass is 16.5. The lowest BCUT2D eigenvalue weighted by atomic mass is 9.99. The number of primary amides is 1. The van der Waals surface area contributed by atoms with Gasteiger partial charge in [-0.1, -0.05) is 32.9 Å².